The van der Waals surface area contributed by atoms with Gasteiger partial charge in [0.15, 0.2) is 8.07 Å². The first kappa shape index (κ1) is 33.6. The molecule has 0 fully saturated rings. The van der Waals surface area contributed by atoms with Crippen LogP contribution < -0.4 is 25.6 Å². The fourth-order valence-corrected chi connectivity index (χ4v) is 17.4. The molecular weight excluding hydrogens is 755 g/mol. The number of thiophene rings is 2. The maximum Gasteiger partial charge on any atom is 0.181 e. The van der Waals surface area contributed by atoms with Gasteiger partial charge in [-0.1, -0.05) is 164 Å². The van der Waals surface area contributed by atoms with Crippen LogP contribution in [0.3, 0.4) is 0 Å². The fraction of sp³-hybridized carbons (Fsp3) is 0. The molecule has 4 heteroatoms. The van der Waals surface area contributed by atoms with E-state index in [0.29, 0.717) is 0 Å². The third kappa shape index (κ3) is 4.93. The number of rotatable bonds is 6. The van der Waals surface area contributed by atoms with Gasteiger partial charge in [-0.25, -0.2) is 0 Å². The molecule has 11 aromatic rings. The number of benzene rings is 9. The van der Waals surface area contributed by atoms with Crippen molar-refractivity contribution in [3.8, 4) is 22.3 Å². The zero-order valence-electron chi connectivity index (χ0n) is 31.5. The zero-order chi connectivity index (χ0) is 38.2. The van der Waals surface area contributed by atoms with Crippen molar-refractivity contribution in [3.63, 3.8) is 0 Å². The Hall–Kier alpha value is -6.56. The molecule has 0 aliphatic carbocycles. The molecule has 0 saturated carbocycles. The minimum Gasteiger partial charge on any atom is -0.310 e. The molecule has 2 aromatic heterocycles. The quantitative estimate of drug-likeness (QED) is 0.152. The van der Waals surface area contributed by atoms with Crippen LogP contribution in [-0.2, 0) is 0 Å². The van der Waals surface area contributed by atoms with E-state index in [1.54, 1.807) is 0 Å². The second kappa shape index (κ2) is 13.3. The van der Waals surface area contributed by atoms with E-state index in [4.69, 9.17) is 0 Å². The molecule has 272 valence electrons. The van der Waals surface area contributed by atoms with E-state index in [9.17, 15) is 0 Å². The summed E-state index contributed by atoms with van der Waals surface area (Å²) in [6.07, 6.45) is 0. The first-order chi connectivity index (χ1) is 28.8. The molecule has 0 atom stereocenters. The van der Waals surface area contributed by atoms with E-state index < -0.39 is 8.07 Å². The molecule has 58 heavy (non-hydrogen) atoms. The topological polar surface area (TPSA) is 3.24 Å². The Bertz CT molecular complexity index is 3290. The van der Waals surface area contributed by atoms with Gasteiger partial charge in [0.1, 0.15) is 0 Å². The molecule has 0 radical (unpaired) electrons. The van der Waals surface area contributed by atoms with Gasteiger partial charge in [-0.05, 0) is 91.5 Å². The molecule has 0 saturated heterocycles. The Morgan fingerprint density at radius 3 is 1.69 bits per heavy atom. The van der Waals surface area contributed by atoms with E-state index in [-0.39, 0.29) is 0 Å². The van der Waals surface area contributed by atoms with Crippen LogP contribution >= 0.6 is 22.7 Å². The number of anilines is 3. The van der Waals surface area contributed by atoms with E-state index in [1.165, 1.54) is 89.0 Å². The maximum absolute atomic E-state index is 2.83. The van der Waals surface area contributed by atoms with E-state index >= 15 is 0 Å². The van der Waals surface area contributed by atoms with Crippen LogP contribution in [0, 0.1) is 0 Å². The molecular formula is C54H35NS2Si. The molecule has 1 nitrogen and oxygen atoms in total. The minimum absolute atomic E-state index is 1.14. The van der Waals surface area contributed by atoms with Crippen LogP contribution in [0.25, 0.3) is 62.6 Å². The second-order valence-electron chi connectivity index (χ2n) is 15.2. The highest BCUT2D eigenvalue weighted by Crippen LogP contribution is 2.47. The van der Waals surface area contributed by atoms with Gasteiger partial charge in [0, 0.05) is 51.7 Å². The van der Waals surface area contributed by atoms with Gasteiger partial charge < -0.3 is 4.90 Å². The maximum atomic E-state index is 2.57. The molecule has 3 heterocycles. The normalized spacial score (nSPS) is 13.0. The summed E-state index contributed by atoms with van der Waals surface area (Å²) < 4.78 is 5.32. The SMILES string of the molecule is c1ccc(-c2ccc(N(c3ccc4c(c3)[Si](c3ccccc3)(c3ccccc3)c3ccc5c(sc6ccccc65)c3-4)c3cccc4sc5ccccc5c34)cc2)cc1. The summed E-state index contributed by atoms with van der Waals surface area (Å²) in [7, 11) is -2.83. The van der Waals surface area contributed by atoms with Crippen LogP contribution in [0.15, 0.2) is 212 Å². The number of nitrogens with zero attached hydrogens (tertiary/aromatic N) is 1. The minimum atomic E-state index is -2.83. The lowest BCUT2D eigenvalue weighted by molar-refractivity contribution is 1.30. The van der Waals surface area contributed by atoms with Crippen molar-refractivity contribution in [1.82, 2.24) is 0 Å². The number of hydrogen-bond acceptors (Lipinski definition) is 3. The Morgan fingerprint density at radius 1 is 0.379 bits per heavy atom. The third-order valence-electron chi connectivity index (χ3n) is 12.2. The van der Waals surface area contributed by atoms with Gasteiger partial charge in [-0.3, -0.25) is 0 Å². The Labute approximate surface area is 346 Å². The Morgan fingerprint density at radius 2 is 0.966 bits per heavy atom. The molecule has 0 unspecified atom stereocenters. The highest BCUT2D eigenvalue weighted by Gasteiger charge is 2.49. The Kier molecular flexibility index (Phi) is 7.67. The standard InChI is InChI=1S/C54H35NS2Si/c1-4-15-36(16-5-1)37-27-29-38(30-28-37)55(46-23-14-26-49-52(46)44-22-11-13-25-48(44)56-49)39-31-32-45-51(35-39)58(40-17-6-2-7-18-40,41-19-8-3-9-20-41)50-34-33-43-42-21-10-12-24-47(42)57-54(43)53(45)50/h1-35H. The van der Waals surface area contributed by atoms with E-state index in [1.807, 2.05) is 22.7 Å². The molecule has 1 aliphatic heterocycles. The number of hydrogen-bond donors (Lipinski definition) is 0. The summed E-state index contributed by atoms with van der Waals surface area (Å²) in [6.45, 7) is 0. The predicted octanol–water partition coefficient (Wildman–Crippen LogP) is 12.9. The molecule has 0 N–H and O–H groups in total. The van der Waals surface area contributed by atoms with Gasteiger partial charge >= 0.3 is 0 Å². The van der Waals surface area contributed by atoms with Crippen LogP contribution in [-0.4, -0.2) is 8.07 Å². The van der Waals surface area contributed by atoms with Crippen molar-refractivity contribution in [2.45, 2.75) is 0 Å². The lowest BCUT2D eigenvalue weighted by Crippen LogP contribution is -2.72. The summed E-state index contributed by atoms with van der Waals surface area (Å²) in [4.78, 5) is 2.52. The average molecular weight is 790 g/mol. The van der Waals surface area contributed by atoms with Crippen molar-refractivity contribution >= 4 is 109 Å². The molecule has 0 bridgehead atoms. The molecule has 1 aliphatic rings. The zero-order valence-corrected chi connectivity index (χ0v) is 34.1. The van der Waals surface area contributed by atoms with Crippen molar-refractivity contribution < 1.29 is 0 Å². The van der Waals surface area contributed by atoms with Crippen LogP contribution in [0.5, 0.6) is 0 Å². The van der Waals surface area contributed by atoms with Gasteiger partial charge in [-0.15, -0.1) is 22.7 Å². The summed E-state index contributed by atoms with van der Waals surface area (Å²) >= 11 is 3.82. The highest BCUT2D eigenvalue weighted by atomic mass is 32.1. The first-order valence-corrected chi connectivity index (χ1v) is 23.5. The summed E-state index contributed by atoms with van der Waals surface area (Å²) in [5, 5.41) is 11.0. The fourth-order valence-electron chi connectivity index (χ4n) is 9.68. The monoisotopic (exact) mass is 789 g/mol. The van der Waals surface area contributed by atoms with Gasteiger partial charge in [0.05, 0.1) is 5.69 Å². The van der Waals surface area contributed by atoms with Crippen LogP contribution in [0.4, 0.5) is 17.1 Å². The van der Waals surface area contributed by atoms with Crippen molar-refractivity contribution in [1.29, 1.82) is 0 Å². The smallest absolute Gasteiger partial charge is 0.181 e. The molecule has 12 rings (SSSR count). The number of fused-ring (bicyclic) bond motifs is 10. The molecule has 0 amide bonds. The first-order valence-electron chi connectivity index (χ1n) is 19.8. The van der Waals surface area contributed by atoms with Gasteiger partial charge in [0.2, 0.25) is 0 Å². The van der Waals surface area contributed by atoms with Crippen molar-refractivity contribution in [2.24, 2.45) is 0 Å². The average Bonchev–Trinajstić information content (AvgIpc) is 3.96. The van der Waals surface area contributed by atoms with Crippen molar-refractivity contribution in [3.05, 3.63) is 212 Å². The lowest BCUT2D eigenvalue weighted by Gasteiger charge is -2.33. The van der Waals surface area contributed by atoms with Crippen LogP contribution in [0.2, 0.25) is 0 Å². The molecule has 0 spiro atoms. The summed E-state index contributed by atoms with van der Waals surface area (Å²) in [5.41, 5.74) is 8.68. The Balaban J connectivity index is 1.17. The predicted molar refractivity (Wildman–Crippen MR) is 255 cm³/mol. The molecule has 9 aromatic carbocycles. The van der Waals surface area contributed by atoms with Crippen molar-refractivity contribution in [2.75, 3.05) is 4.90 Å². The highest BCUT2D eigenvalue weighted by molar-refractivity contribution is 7.28. The van der Waals surface area contributed by atoms with E-state index in [0.717, 1.165) is 11.4 Å². The third-order valence-corrected chi connectivity index (χ3v) is 19.3. The second-order valence-corrected chi connectivity index (χ2v) is 21.0. The summed E-state index contributed by atoms with van der Waals surface area (Å²) in [6, 6.07) is 79.5. The van der Waals surface area contributed by atoms with Gasteiger partial charge in [0.25, 0.3) is 0 Å². The lowest BCUT2D eigenvalue weighted by atomic mass is 10.0. The van der Waals surface area contributed by atoms with Gasteiger partial charge in [-0.2, -0.15) is 0 Å². The van der Waals surface area contributed by atoms with E-state index in [2.05, 4.69) is 217 Å². The largest absolute Gasteiger partial charge is 0.310 e. The van der Waals surface area contributed by atoms with Crippen LogP contribution in [0.1, 0.15) is 0 Å². The summed E-state index contributed by atoms with van der Waals surface area (Å²) in [5.74, 6) is 0.